The van der Waals surface area contributed by atoms with Crippen LogP contribution >= 0.6 is 12.2 Å². The fourth-order valence-electron chi connectivity index (χ4n) is 2.68. The number of H-pyrrole nitrogens is 2. The lowest BCUT2D eigenvalue weighted by molar-refractivity contribution is 0.0929. The third-order valence-electron chi connectivity index (χ3n) is 3.81. The lowest BCUT2D eigenvalue weighted by Gasteiger charge is -2.18. The van der Waals surface area contributed by atoms with Crippen molar-refractivity contribution < 1.29 is 4.79 Å². The Morgan fingerprint density at radius 1 is 1.25 bits per heavy atom. The molecule has 1 aromatic carbocycles. The predicted molar refractivity (Wildman–Crippen MR) is 97.4 cm³/mol. The Bertz CT molecular complexity index is 879. The van der Waals surface area contributed by atoms with E-state index in [1.54, 1.807) is 18.3 Å². The minimum atomic E-state index is -0.195. The van der Waals surface area contributed by atoms with Gasteiger partial charge in [-0.2, -0.15) is 0 Å². The molecule has 3 N–H and O–H groups in total. The molecule has 0 saturated heterocycles. The van der Waals surface area contributed by atoms with Gasteiger partial charge in [0, 0.05) is 6.20 Å². The van der Waals surface area contributed by atoms with Crippen LogP contribution in [-0.2, 0) is 0 Å². The fraction of sp³-hybridized carbons (Fsp3) is 0.278. The number of carbonyl (C=O) groups excluding carboxylic acids is 1. The second kappa shape index (κ2) is 6.97. The van der Waals surface area contributed by atoms with E-state index < -0.39 is 0 Å². The quantitative estimate of drug-likeness (QED) is 0.611. The van der Waals surface area contributed by atoms with Gasteiger partial charge in [-0.1, -0.05) is 38.2 Å². The van der Waals surface area contributed by atoms with E-state index in [4.69, 9.17) is 12.2 Å². The Labute approximate surface area is 145 Å². The Morgan fingerprint density at radius 2 is 2.04 bits per heavy atom. The zero-order valence-electron chi connectivity index (χ0n) is 13.7. The van der Waals surface area contributed by atoms with Gasteiger partial charge in [0.15, 0.2) is 0 Å². The molecule has 3 aromatic rings. The molecule has 0 fully saturated rings. The Balaban J connectivity index is 1.90. The number of nitrogens with zero attached hydrogens (tertiary/aromatic N) is 1. The topological polar surface area (TPSA) is 73.6 Å². The Morgan fingerprint density at radius 3 is 2.75 bits per heavy atom. The van der Waals surface area contributed by atoms with Crippen LogP contribution in [0.5, 0.6) is 0 Å². The molecule has 6 heteroatoms. The third kappa shape index (κ3) is 3.54. The molecular weight excluding hydrogens is 320 g/mol. The number of aromatic nitrogens is 3. The van der Waals surface area contributed by atoms with Gasteiger partial charge in [-0.3, -0.25) is 4.79 Å². The maximum absolute atomic E-state index is 12.6. The summed E-state index contributed by atoms with van der Waals surface area (Å²) in [5.41, 5.74) is 2.33. The maximum atomic E-state index is 12.6. The summed E-state index contributed by atoms with van der Waals surface area (Å²) in [7, 11) is 0. The first-order chi connectivity index (χ1) is 11.5. The average molecular weight is 340 g/mol. The molecule has 3 rings (SSSR count). The van der Waals surface area contributed by atoms with Crippen LogP contribution in [0, 0.1) is 10.6 Å². The van der Waals surface area contributed by atoms with Crippen molar-refractivity contribution in [3.8, 4) is 0 Å². The standard InChI is InChI=1S/C18H20N4OS/c1-11(2)10-15(16-20-13-7-3-4-8-14(13)21-16)22-17(23)12-6-5-9-19-18(12)24/h3-9,11,15H,10H2,1-2H3,(H,19,24)(H,20,21)(H,22,23). The molecule has 0 aliphatic rings. The van der Waals surface area contributed by atoms with Crippen LogP contribution in [0.1, 0.15) is 42.5 Å². The van der Waals surface area contributed by atoms with Crippen molar-refractivity contribution >= 4 is 29.2 Å². The number of nitrogens with one attached hydrogen (secondary N) is 3. The van der Waals surface area contributed by atoms with Gasteiger partial charge in [0.05, 0.1) is 22.6 Å². The minimum Gasteiger partial charge on any atom is -0.352 e. The first-order valence-electron chi connectivity index (χ1n) is 7.98. The van der Waals surface area contributed by atoms with Crippen molar-refractivity contribution in [2.45, 2.75) is 26.3 Å². The van der Waals surface area contributed by atoms with Crippen molar-refractivity contribution in [1.82, 2.24) is 20.3 Å². The molecule has 1 atom stereocenters. The predicted octanol–water partition coefficient (Wildman–Crippen LogP) is 4.14. The SMILES string of the molecule is CC(C)CC(NC(=O)c1ccc[nH]c1=S)c1nc2ccccc2[nH]1. The maximum Gasteiger partial charge on any atom is 0.254 e. The van der Waals surface area contributed by atoms with E-state index in [0.717, 1.165) is 23.3 Å². The summed E-state index contributed by atoms with van der Waals surface area (Å²) < 4.78 is 0.433. The highest BCUT2D eigenvalue weighted by atomic mass is 32.1. The number of hydrogen-bond donors (Lipinski definition) is 3. The van der Waals surface area contributed by atoms with Crippen molar-refractivity contribution in [2.24, 2.45) is 5.92 Å². The number of para-hydroxylation sites is 2. The van der Waals surface area contributed by atoms with E-state index in [9.17, 15) is 4.79 Å². The smallest absolute Gasteiger partial charge is 0.254 e. The molecule has 0 saturated carbocycles. The van der Waals surface area contributed by atoms with E-state index >= 15 is 0 Å². The van der Waals surface area contributed by atoms with Gasteiger partial charge in [0.25, 0.3) is 5.91 Å². The lowest BCUT2D eigenvalue weighted by atomic mass is 10.0. The van der Waals surface area contributed by atoms with E-state index in [-0.39, 0.29) is 11.9 Å². The zero-order valence-corrected chi connectivity index (χ0v) is 14.5. The first kappa shape index (κ1) is 16.4. The molecule has 2 aromatic heterocycles. The molecule has 2 heterocycles. The van der Waals surface area contributed by atoms with Crippen molar-refractivity contribution in [3.63, 3.8) is 0 Å². The van der Waals surface area contributed by atoms with Gasteiger partial charge in [0.1, 0.15) is 10.5 Å². The Hall–Kier alpha value is -2.47. The number of fused-ring (bicyclic) bond motifs is 1. The number of carbonyl (C=O) groups is 1. The molecule has 1 unspecified atom stereocenters. The average Bonchev–Trinajstić information content (AvgIpc) is 2.98. The van der Waals surface area contributed by atoms with Gasteiger partial charge in [-0.25, -0.2) is 4.98 Å². The van der Waals surface area contributed by atoms with Gasteiger partial charge in [0.2, 0.25) is 0 Å². The van der Waals surface area contributed by atoms with Crippen LogP contribution in [0.25, 0.3) is 11.0 Å². The highest BCUT2D eigenvalue weighted by Gasteiger charge is 2.21. The van der Waals surface area contributed by atoms with Crippen LogP contribution in [0.2, 0.25) is 0 Å². The molecule has 124 valence electrons. The molecular formula is C18H20N4OS. The monoisotopic (exact) mass is 340 g/mol. The zero-order chi connectivity index (χ0) is 17.1. The van der Waals surface area contributed by atoms with E-state index in [2.05, 4.69) is 34.1 Å². The van der Waals surface area contributed by atoms with Crippen LogP contribution in [0.4, 0.5) is 0 Å². The van der Waals surface area contributed by atoms with Crippen molar-refractivity contribution in [1.29, 1.82) is 0 Å². The largest absolute Gasteiger partial charge is 0.352 e. The first-order valence-corrected chi connectivity index (χ1v) is 8.38. The molecule has 1 amide bonds. The fourth-order valence-corrected chi connectivity index (χ4v) is 2.91. The number of amides is 1. The second-order valence-corrected chi connectivity index (χ2v) is 6.62. The van der Waals surface area contributed by atoms with Crippen molar-refractivity contribution in [3.05, 3.63) is 58.6 Å². The summed E-state index contributed by atoms with van der Waals surface area (Å²) in [6, 6.07) is 11.1. The Kier molecular flexibility index (Phi) is 4.76. The van der Waals surface area contributed by atoms with Gasteiger partial charge in [-0.15, -0.1) is 0 Å². The highest BCUT2D eigenvalue weighted by Crippen LogP contribution is 2.22. The van der Waals surface area contributed by atoms with Crippen LogP contribution in [-0.4, -0.2) is 20.9 Å². The van der Waals surface area contributed by atoms with Crippen LogP contribution < -0.4 is 5.32 Å². The van der Waals surface area contributed by atoms with Gasteiger partial charge >= 0.3 is 0 Å². The number of benzene rings is 1. The van der Waals surface area contributed by atoms with E-state index in [0.29, 0.717) is 16.1 Å². The molecule has 0 aliphatic carbocycles. The summed E-state index contributed by atoms with van der Waals surface area (Å²) in [6.45, 7) is 4.24. The van der Waals surface area contributed by atoms with E-state index in [1.165, 1.54) is 0 Å². The minimum absolute atomic E-state index is 0.192. The lowest BCUT2D eigenvalue weighted by Crippen LogP contribution is -2.30. The second-order valence-electron chi connectivity index (χ2n) is 6.21. The van der Waals surface area contributed by atoms with E-state index in [1.807, 2.05) is 24.3 Å². The summed E-state index contributed by atoms with van der Waals surface area (Å²) >= 11 is 5.20. The van der Waals surface area contributed by atoms with Gasteiger partial charge < -0.3 is 15.3 Å². The molecule has 5 nitrogen and oxygen atoms in total. The van der Waals surface area contributed by atoms with Gasteiger partial charge in [-0.05, 0) is 36.6 Å². The van der Waals surface area contributed by atoms with Crippen molar-refractivity contribution in [2.75, 3.05) is 0 Å². The van der Waals surface area contributed by atoms with Crippen LogP contribution in [0.15, 0.2) is 42.6 Å². The normalized spacial score (nSPS) is 12.5. The molecule has 0 aliphatic heterocycles. The summed E-state index contributed by atoms with van der Waals surface area (Å²) in [5.74, 6) is 0.987. The molecule has 0 spiro atoms. The molecule has 0 bridgehead atoms. The molecule has 24 heavy (non-hydrogen) atoms. The summed E-state index contributed by atoms with van der Waals surface area (Å²) in [4.78, 5) is 23.4. The number of hydrogen-bond acceptors (Lipinski definition) is 3. The summed E-state index contributed by atoms with van der Waals surface area (Å²) in [5, 5.41) is 3.06. The number of pyridine rings is 1. The summed E-state index contributed by atoms with van der Waals surface area (Å²) in [6.07, 6.45) is 2.50. The molecule has 0 radical (unpaired) electrons. The highest BCUT2D eigenvalue weighted by molar-refractivity contribution is 7.71. The number of aromatic amines is 2. The van der Waals surface area contributed by atoms with Crippen LogP contribution in [0.3, 0.4) is 0 Å². The number of imidazole rings is 1. The third-order valence-corrected chi connectivity index (χ3v) is 4.15. The number of rotatable bonds is 5.